The van der Waals surface area contributed by atoms with Gasteiger partial charge in [-0.05, 0) is 24.1 Å². The molecule has 22 heavy (non-hydrogen) atoms. The summed E-state index contributed by atoms with van der Waals surface area (Å²) in [5, 5.41) is 3.72. The van der Waals surface area contributed by atoms with Gasteiger partial charge in [0.05, 0.1) is 6.61 Å². The summed E-state index contributed by atoms with van der Waals surface area (Å²) in [5.74, 6) is 0. The highest BCUT2D eigenvalue weighted by atomic mass is 35.5. The smallest absolute Gasteiger partial charge is 0.317 e. The van der Waals surface area contributed by atoms with Crippen LogP contribution < -0.4 is 5.32 Å². The number of methoxy groups -OCH3 is 1. The van der Waals surface area contributed by atoms with Crippen LogP contribution in [0.15, 0.2) is 24.3 Å². The Morgan fingerprint density at radius 3 is 2.55 bits per heavy atom. The first kappa shape index (κ1) is 17.1. The second kappa shape index (κ2) is 8.98. The Labute approximate surface area is 137 Å². The number of urea groups is 1. The predicted octanol–water partition coefficient (Wildman–Crippen LogP) is 1.86. The lowest BCUT2D eigenvalue weighted by Gasteiger charge is -2.34. The molecule has 0 atom stereocenters. The van der Waals surface area contributed by atoms with Gasteiger partial charge in [0.2, 0.25) is 0 Å². The van der Waals surface area contributed by atoms with Crippen LogP contribution in [0.2, 0.25) is 5.02 Å². The summed E-state index contributed by atoms with van der Waals surface area (Å²) in [6.07, 6.45) is 0.816. The van der Waals surface area contributed by atoms with Crippen LogP contribution in [-0.2, 0) is 11.2 Å². The Hall–Kier alpha value is -1.30. The Morgan fingerprint density at radius 2 is 1.91 bits per heavy atom. The molecule has 2 rings (SSSR count). The van der Waals surface area contributed by atoms with Gasteiger partial charge in [0, 0.05) is 51.4 Å². The van der Waals surface area contributed by atoms with E-state index in [1.807, 2.05) is 29.2 Å². The van der Waals surface area contributed by atoms with Gasteiger partial charge in [-0.2, -0.15) is 0 Å². The van der Waals surface area contributed by atoms with Gasteiger partial charge in [0.25, 0.3) is 0 Å². The van der Waals surface area contributed by atoms with Crippen molar-refractivity contribution in [3.05, 3.63) is 34.9 Å². The first-order valence-corrected chi connectivity index (χ1v) is 8.05. The first-order chi connectivity index (χ1) is 10.7. The quantitative estimate of drug-likeness (QED) is 0.868. The molecular formula is C16H24ClN3O2. The van der Waals surface area contributed by atoms with E-state index in [9.17, 15) is 4.79 Å². The molecule has 0 radical (unpaired) electrons. The largest absolute Gasteiger partial charge is 0.383 e. The number of carbonyl (C=O) groups excluding carboxylic acids is 1. The van der Waals surface area contributed by atoms with Crippen LogP contribution in [0.4, 0.5) is 4.79 Å². The summed E-state index contributed by atoms with van der Waals surface area (Å²) in [6.45, 7) is 5.69. The molecule has 1 heterocycles. The molecule has 0 unspecified atom stereocenters. The lowest BCUT2D eigenvalue weighted by atomic mass is 10.1. The number of halogens is 1. The van der Waals surface area contributed by atoms with E-state index in [2.05, 4.69) is 10.2 Å². The molecule has 5 nitrogen and oxygen atoms in total. The van der Waals surface area contributed by atoms with Crippen LogP contribution in [0.1, 0.15) is 5.56 Å². The molecule has 2 amide bonds. The number of amides is 2. The molecule has 1 aliphatic rings. The van der Waals surface area contributed by atoms with Gasteiger partial charge >= 0.3 is 6.03 Å². The van der Waals surface area contributed by atoms with Gasteiger partial charge in [-0.3, -0.25) is 4.90 Å². The maximum absolute atomic E-state index is 12.1. The van der Waals surface area contributed by atoms with E-state index in [1.165, 1.54) is 5.56 Å². The number of nitrogens with one attached hydrogen (secondary N) is 1. The highest BCUT2D eigenvalue weighted by molar-refractivity contribution is 6.30. The number of ether oxygens (including phenoxy) is 1. The molecular weight excluding hydrogens is 302 g/mol. The number of carbonyl (C=O) groups is 1. The fourth-order valence-electron chi connectivity index (χ4n) is 2.47. The van der Waals surface area contributed by atoms with E-state index in [1.54, 1.807) is 7.11 Å². The standard InChI is InChI=1S/C16H24ClN3O2/c1-22-13-12-19-8-10-20(11-9-19)16(21)18-7-6-14-2-4-15(17)5-3-14/h2-5H,6-13H2,1H3,(H,18,21). The Balaban J connectivity index is 1.64. The molecule has 1 aliphatic heterocycles. The second-order valence-corrected chi connectivity index (χ2v) is 5.87. The number of piperazine rings is 1. The lowest BCUT2D eigenvalue weighted by molar-refractivity contribution is 0.106. The summed E-state index contributed by atoms with van der Waals surface area (Å²) in [5.41, 5.74) is 1.18. The minimum absolute atomic E-state index is 0.0281. The molecule has 6 heteroatoms. The zero-order valence-electron chi connectivity index (χ0n) is 13.1. The fourth-order valence-corrected chi connectivity index (χ4v) is 2.60. The van der Waals surface area contributed by atoms with Gasteiger partial charge in [-0.1, -0.05) is 23.7 Å². The summed E-state index contributed by atoms with van der Waals surface area (Å²) in [7, 11) is 1.71. The van der Waals surface area contributed by atoms with Gasteiger partial charge in [0.15, 0.2) is 0 Å². The molecule has 0 aromatic heterocycles. The van der Waals surface area contributed by atoms with Crippen molar-refractivity contribution in [3.8, 4) is 0 Å². The van der Waals surface area contributed by atoms with Gasteiger partial charge < -0.3 is 15.0 Å². The first-order valence-electron chi connectivity index (χ1n) is 7.67. The van der Waals surface area contributed by atoms with E-state index in [0.29, 0.717) is 6.54 Å². The highest BCUT2D eigenvalue weighted by Crippen LogP contribution is 2.09. The molecule has 0 bridgehead atoms. The zero-order valence-corrected chi connectivity index (χ0v) is 13.8. The van der Waals surface area contributed by atoms with Gasteiger partial charge in [0.1, 0.15) is 0 Å². The number of rotatable bonds is 6. The number of benzene rings is 1. The molecule has 0 saturated carbocycles. The van der Waals surface area contributed by atoms with E-state index in [4.69, 9.17) is 16.3 Å². The maximum atomic E-state index is 12.1. The van der Waals surface area contributed by atoms with E-state index in [-0.39, 0.29) is 6.03 Å². The molecule has 0 spiro atoms. The fraction of sp³-hybridized carbons (Fsp3) is 0.562. The number of hydrogen-bond acceptors (Lipinski definition) is 3. The summed E-state index contributed by atoms with van der Waals surface area (Å²) < 4.78 is 5.08. The molecule has 1 aromatic carbocycles. The Kier molecular flexibility index (Phi) is 6.96. The van der Waals surface area contributed by atoms with Crippen LogP contribution in [0.25, 0.3) is 0 Å². The summed E-state index contributed by atoms with van der Waals surface area (Å²) in [6, 6.07) is 7.75. The molecule has 0 aliphatic carbocycles. The van der Waals surface area contributed by atoms with Crippen molar-refractivity contribution in [1.82, 2.24) is 15.1 Å². The van der Waals surface area contributed by atoms with Crippen LogP contribution >= 0.6 is 11.6 Å². The van der Waals surface area contributed by atoms with Crippen molar-refractivity contribution < 1.29 is 9.53 Å². The van der Waals surface area contributed by atoms with Crippen LogP contribution in [0, 0.1) is 0 Å². The summed E-state index contributed by atoms with van der Waals surface area (Å²) in [4.78, 5) is 16.3. The molecule has 122 valence electrons. The SMILES string of the molecule is COCCN1CCN(C(=O)NCCc2ccc(Cl)cc2)CC1. The van der Waals surface area contributed by atoms with Gasteiger partial charge in [-0.25, -0.2) is 4.79 Å². The molecule has 1 saturated heterocycles. The third kappa shape index (κ3) is 5.48. The van der Waals surface area contributed by atoms with Crippen molar-refractivity contribution in [2.75, 3.05) is 53.0 Å². The number of nitrogens with zero attached hydrogens (tertiary/aromatic N) is 2. The minimum Gasteiger partial charge on any atom is -0.383 e. The normalized spacial score (nSPS) is 15.8. The van der Waals surface area contributed by atoms with Crippen LogP contribution in [0.3, 0.4) is 0 Å². The lowest BCUT2D eigenvalue weighted by Crippen LogP contribution is -2.52. The third-order valence-electron chi connectivity index (χ3n) is 3.87. The van der Waals surface area contributed by atoms with Crippen molar-refractivity contribution in [1.29, 1.82) is 0 Å². The molecule has 1 fully saturated rings. The monoisotopic (exact) mass is 325 g/mol. The van der Waals surface area contributed by atoms with E-state index in [0.717, 1.165) is 50.8 Å². The van der Waals surface area contributed by atoms with Crippen molar-refractivity contribution in [2.24, 2.45) is 0 Å². The van der Waals surface area contributed by atoms with Crippen molar-refractivity contribution in [2.45, 2.75) is 6.42 Å². The number of hydrogen-bond donors (Lipinski definition) is 1. The molecule has 1 aromatic rings. The predicted molar refractivity (Wildman–Crippen MR) is 88.4 cm³/mol. The zero-order chi connectivity index (χ0) is 15.8. The van der Waals surface area contributed by atoms with Crippen molar-refractivity contribution >= 4 is 17.6 Å². The van der Waals surface area contributed by atoms with Gasteiger partial charge in [-0.15, -0.1) is 0 Å². The topological polar surface area (TPSA) is 44.8 Å². The average molecular weight is 326 g/mol. The van der Waals surface area contributed by atoms with Crippen molar-refractivity contribution in [3.63, 3.8) is 0 Å². The Morgan fingerprint density at radius 1 is 1.23 bits per heavy atom. The van der Waals surface area contributed by atoms with E-state index >= 15 is 0 Å². The highest BCUT2D eigenvalue weighted by Gasteiger charge is 2.20. The van der Waals surface area contributed by atoms with Crippen LogP contribution in [-0.4, -0.2) is 68.8 Å². The minimum atomic E-state index is 0.0281. The van der Waals surface area contributed by atoms with Crippen LogP contribution in [0.5, 0.6) is 0 Å². The second-order valence-electron chi connectivity index (χ2n) is 5.43. The van der Waals surface area contributed by atoms with E-state index < -0.39 is 0 Å². The maximum Gasteiger partial charge on any atom is 0.317 e. The molecule has 1 N–H and O–H groups in total. The third-order valence-corrected chi connectivity index (χ3v) is 4.13. The average Bonchev–Trinajstić information content (AvgIpc) is 2.55. The summed E-state index contributed by atoms with van der Waals surface area (Å²) >= 11 is 5.85. The Bertz CT molecular complexity index is 459.